The van der Waals surface area contributed by atoms with E-state index in [4.69, 9.17) is 5.11 Å². The van der Waals surface area contributed by atoms with Crippen molar-refractivity contribution in [2.45, 2.75) is 25.7 Å². The average molecular weight is 288 g/mol. The number of halogens is 6. The zero-order chi connectivity index (χ0) is 15.4. The van der Waals surface area contributed by atoms with Gasteiger partial charge in [0.2, 0.25) is 0 Å². The monoisotopic (exact) mass is 288 g/mol. The van der Waals surface area contributed by atoms with Crippen molar-refractivity contribution in [1.29, 1.82) is 0 Å². The Kier molecular flexibility index (Phi) is 5.40. The number of hydrogen-bond acceptors (Lipinski definition) is 1. The Morgan fingerprint density at radius 3 is 1.84 bits per heavy atom. The van der Waals surface area contributed by atoms with E-state index in [9.17, 15) is 31.1 Å². The third kappa shape index (κ3) is 5.62. The maximum absolute atomic E-state index is 12.4. The summed E-state index contributed by atoms with van der Waals surface area (Å²) in [5, 5.41) is 8.61. The lowest BCUT2D eigenvalue weighted by atomic mass is 10.1. The molecule has 0 aromatic rings. The highest BCUT2D eigenvalue weighted by molar-refractivity contribution is 5.90. The second-order valence-electron chi connectivity index (χ2n) is 3.45. The summed E-state index contributed by atoms with van der Waals surface area (Å²) in [5.41, 5.74) is -3.91. The van der Waals surface area contributed by atoms with Gasteiger partial charge >= 0.3 is 18.3 Å². The Hall–Kier alpha value is -1.73. The van der Waals surface area contributed by atoms with Crippen LogP contribution in [0.2, 0.25) is 0 Å². The van der Waals surface area contributed by atoms with Crippen molar-refractivity contribution >= 4 is 5.97 Å². The summed E-state index contributed by atoms with van der Waals surface area (Å²) in [6.45, 7) is 3.68. The minimum absolute atomic E-state index is 0.0593. The van der Waals surface area contributed by atoms with Crippen LogP contribution in [-0.2, 0) is 4.79 Å². The predicted octanol–water partition coefficient (Wildman–Crippen LogP) is 4.01. The Morgan fingerprint density at radius 2 is 1.58 bits per heavy atom. The van der Waals surface area contributed by atoms with Gasteiger partial charge in [-0.1, -0.05) is 13.5 Å². The van der Waals surface area contributed by atoms with Gasteiger partial charge in [0.15, 0.2) is 0 Å². The van der Waals surface area contributed by atoms with Gasteiger partial charge in [-0.15, -0.1) is 0 Å². The highest BCUT2D eigenvalue weighted by Gasteiger charge is 2.34. The molecule has 0 bridgehead atoms. The number of hydrogen-bond donors (Lipinski definition) is 1. The van der Waals surface area contributed by atoms with Crippen LogP contribution in [0.25, 0.3) is 0 Å². The fourth-order valence-electron chi connectivity index (χ4n) is 1.01. The minimum atomic E-state index is -4.90. The van der Waals surface area contributed by atoms with Crippen molar-refractivity contribution in [3.05, 3.63) is 35.5 Å². The second kappa shape index (κ2) is 5.94. The third-order valence-corrected chi connectivity index (χ3v) is 2.02. The normalized spacial score (nSPS) is 14.5. The van der Waals surface area contributed by atoms with E-state index < -0.39 is 41.5 Å². The summed E-state index contributed by atoms with van der Waals surface area (Å²) in [6.07, 6.45) is -10.0. The summed E-state index contributed by atoms with van der Waals surface area (Å²) in [7, 11) is 0. The number of allylic oxidation sites excluding steroid dienone is 3. The van der Waals surface area contributed by atoms with Gasteiger partial charge in [-0.05, 0) is 18.6 Å². The number of carbonyl (C=O) groups is 1. The first-order valence-electron chi connectivity index (χ1n) is 4.88. The third-order valence-electron chi connectivity index (χ3n) is 2.02. The van der Waals surface area contributed by atoms with Crippen LogP contribution >= 0.6 is 0 Å². The number of alkyl halides is 6. The van der Waals surface area contributed by atoms with Gasteiger partial charge < -0.3 is 5.11 Å². The van der Waals surface area contributed by atoms with Crippen molar-refractivity contribution in [3.63, 3.8) is 0 Å². The molecular formula is C11H10F6O2. The summed E-state index contributed by atoms with van der Waals surface area (Å²) in [6, 6.07) is 0. The molecule has 0 unspecified atom stereocenters. The van der Waals surface area contributed by atoms with E-state index in [1.165, 1.54) is 0 Å². The topological polar surface area (TPSA) is 37.3 Å². The molecule has 0 spiro atoms. The predicted molar refractivity (Wildman–Crippen MR) is 55.3 cm³/mol. The highest BCUT2D eigenvalue weighted by Crippen LogP contribution is 2.30. The van der Waals surface area contributed by atoms with Gasteiger partial charge in [-0.2, -0.15) is 26.3 Å². The maximum atomic E-state index is 12.4. The molecule has 0 heterocycles. The van der Waals surface area contributed by atoms with E-state index in [0.29, 0.717) is 0 Å². The van der Waals surface area contributed by atoms with Gasteiger partial charge in [0.05, 0.1) is 5.57 Å². The van der Waals surface area contributed by atoms with Gasteiger partial charge in [0, 0.05) is 11.1 Å². The molecule has 0 aliphatic rings. The molecule has 0 aliphatic carbocycles. The molecule has 0 aromatic carbocycles. The van der Waals surface area contributed by atoms with Crippen LogP contribution in [0.4, 0.5) is 26.3 Å². The summed E-state index contributed by atoms with van der Waals surface area (Å²) < 4.78 is 73.6. The Labute approximate surface area is 104 Å². The molecule has 0 aliphatic heterocycles. The van der Waals surface area contributed by atoms with E-state index in [1.807, 2.05) is 0 Å². The van der Waals surface area contributed by atoms with Crippen LogP contribution in [0.1, 0.15) is 13.3 Å². The highest BCUT2D eigenvalue weighted by atomic mass is 19.4. The molecule has 0 rings (SSSR count). The molecule has 0 aromatic heterocycles. The molecule has 0 saturated carbocycles. The molecule has 0 radical (unpaired) electrons. The van der Waals surface area contributed by atoms with E-state index in [1.54, 1.807) is 0 Å². The molecule has 108 valence electrons. The molecular weight excluding hydrogens is 278 g/mol. The Bertz CT molecular complexity index is 425. The zero-order valence-electron chi connectivity index (χ0n) is 9.69. The largest absolute Gasteiger partial charge is 0.478 e. The van der Waals surface area contributed by atoms with Crippen LogP contribution < -0.4 is 0 Å². The number of aliphatic carboxylic acids is 1. The number of carboxylic acids is 1. The first kappa shape index (κ1) is 17.3. The Morgan fingerprint density at radius 1 is 1.11 bits per heavy atom. The molecule has 0 atom stereocenters. The van der Waals surface area contributed by atoms with Gasteiger partial charge in [0.25, 0.3) is 0 Å². The molecule has 19 heavy (non-hydrogen) atoms. The fourth-order valence-corrected chi connectivity index (χ4v) is 1.01. The van der Waals surface area contributed by atoms with Crippen LogP contribution in [0.5, 0.6) is 0 Å². The Balaban J connectivity index is 5.61. The zero-order valence-corrected chi connectivity index (χ0v) is 9.69. The molecule has 0 saturated heterocycles. The van der Waals surface area contributed by atoms with Crippen molar-refractivity contribution in [1.82, 2.24) is 0 Å². The summed E-state index contributed by atoms with van der Waals surface area (Å²) >= 11 is 0. The number of carboxylic acid groups (broad SMARTS) is 1. The van der Waals surface area contributed by atoms with Crippen LogP contribution in [0, 0.1) is 0 Å². The minimum Gasteiger partial charge on any atom is -0.478 e. The molecule has 2 nitrogen and oxygen atoms in total. The van der Waals surface area contributed by atoms with Crippen LogP contribution in [0.15, 0.2) is 35.5 Å². The second-order valence-corrected chi connectivity index (χ2v) is 3.45. The lowest BCUT2D eigenvalue weighted by Gasteiger charge is -2.10. The maximum Gasteiger partial charge on any atom is 0.415 e. The lowest BCUT2D eigenvalue weighted by Crippen LogP contribution is -2.14. The van der Waals surface area contributed by atoms with Crippen LogP contribution in [0.3, 0.4) is 0 Å². The molecule has 8 heteroatoms. The first-order valence-corrected chi connectivity index (χ1v) is 4.88. The van der Waals surface area contributed by atoms with Gasteiger partial charge in [0.1, 0.15) is 0 Å². The van der Waals surface area contributed by atoms with E-state index in [-0.39, 0.29) is 12.2 Å². The summed E-state index contributed by atoms with van der Waals surface area (Å²) in [4.78, 5) is 10.7. The van der Waals surface area contributed by atoms with Crippen molar-refractivity contribution in [3.8, 4) is 0 Å². The number of rotatable bonds is 4. The quantitative estimate of drug-likeness (QED) is 0.482. The van der Waals surface area contributed by atoms with Crippen molar-refractivity contribution in [2.75, 3.05) is 0 Å². The van der Waals surface area contributed by atoms with Crippen molar-refractivity contribution < 1.29 is 36.2 Å². The van der Waals surface area contributed by atoms with Gasteiger partial charge in [-0.3, -0.25) is 0 Å². The summed E-state index contributed by atoms with van der Waals surface area (Å²) in [5.74, 6) is -1.90. The van der Waals surface area contributed by atoms with Crippen molar-refractivity contribution in [2.24, 2.45) is 0 Å². The first-order chi connectivity index (χ1) is 8.39. The average Bonchev–Trinajstić information content (AvgIpc) is 2.19. The fraction of sp³-hybridized carbons (Fsp3) is 0.364. The lowest BCUT2D eigenvalue weighted by molar-refractivity contribution is -0.132. The van der Waals surface area contributed by atoms with E-state index in [0.717, 1.165) is 6.92 Å². The van der Waals surface area contributed by atoms with E-state index in [2.05, 4.69) is 6.58 Å². The van der Waals surface area contributed by atoms with Crippen LogP contribution in [-0.4, -0.2) is 23.4 Å². The molecule has 0 amide bonds. The standard InChI is InChI=1S/C11H10F6O2/c1-3-8(11(15,16)17)5-7(9(18)19)4-6(2)10(12,13)14/h4-5H,2-3H2,1H3,(H,18,19)/b7-4+,8-5+. The van der Waals surface area contributed by atoms with E-state index >= 15 is 0 Å². The van der Waals surface area contributed by atoms with Gasteiger partial charge in [-0.25, -0.2) is 4.79 Å². The molecule has 0 fully saturated rings. The molecule has 1 N–H and O–H groups in total. The smallest absolute Gasteiger partial charge is 0.415 e. The SMILES string of the molecule is C=C(/C=C(\C=C(/CC)C(F)(F)F)C(=O)O)C(F)(F)F.